The van der Waals surface area contributed by atoms with Crippen molar-refractivity contribution in [2.45, 2.75) is 36.9 Å². The molecule has 0 bridgehead atoms. The topological polar surface area (TPSA) is 62.9 Å². The largest absolute Gasteiger partial charge is 0.377 e. The molecule has 26 heavy (non-hydrogen) atoms. The Labute approximate surface area is 155 Å². The molecule has 5 nitrogen and oxygen atoms in total. The minimum absolute atomic E-state index is 0.00370. The second kappa shape index (κ2) is 9.60. The fourth-order valence-electron chi connectivity index (χ4n) is 2.76. The second-order valence-electron chi connectivity index (χ2n) is 6.48. The summed E-state index contributed by atoms with van der Waals surface area (Å²) in [6, 6.07) is -0.0987. The number of ether oxygens (including phenoxy) is 4. The molecule has 0 spiro atoms. The average Bonchev–Trinajstić information content (AvgIpc) is 3.42. The average molecular weight is 355 g/mol. The normalized spacial score (nSPS) is 33.6. The second-order valence-corrected chi connectivity index (χ2v) is 6.48. The molecule has 1 heterocycles. The Hall–Kier alpha value is -2.04. The highest BCUT2D eigenvalue weighted by molar-refractivity contribution is 5.22. The molecule has 0 aromatic carbocycles. The van der Waals surface area contributed by atoms with Crippen molar-refractivity contribution in [1.82, 2.24) is 0 Å². The highest BCUT2D eigenvalue weighted by Crippen LogP contribution is 2.38. The van der Waals surface area contributed by atoms with Crippen LogP contribution in [0.3, 0.4) is 0 Å². The molecule has 138 valence electrons. The molecule has 0 aromatic heterocycles. The van der Waals surface area contributed by atoms with E-state index in [1.54, 1.807) is 0 Å². The zero-order valence-corrected chi connectivity index (χ0v) is 14.9. The summed E-state index contributed by atoms with van der Waals surface area (Å²) in [7, 11) is 0. The van der Waals surface area contributed by atoms with Gasteiger partial charge < -0.3 is 24.7 Å². The van der Waals surface area contributed by atoms with Crippen molar-refractivity contribution in [3.63, 3.8) is 0 Å². The van der Waals surface area contributed by atoms with Crippen LogP contribution in [-0.4, -0.2) is 56.9 Å². The Morgan fingerprint density at radius 3 is 2.35 bits per heavy atom. The molecular weight excluding hydrogens is 330 g/mol. The Bertz CT molecular complexity index is 650. The third-order valence-electron chi connectivity index (χ3n) is 4.40. The maximum atomic E-state index is 6.13. The van der Waals surface area contributed by atoms with Gasteiger partial charge in [-0.05, 0) is 6.42 Å². The van der Waals surface area contributed by atoms with Gasteiger partial charge in [0.15, 0.2) is 0 Å². The molecule has 2 N–H and O–H groups in total. The van der Waals surface area contributed by atoms with Gasteiger partial charge in [-0.1, -0.05) is 30.9 Å². The van der Waals surface area contributed by atoms with Gasteiger partial charge in [-0.15, -0.1) is 19.3 Å². The first kappa shape index (κ1) is 20.3. The van der Waals surface area contributed by atoms with E-state index in [1.165, 1.54) is 0 Å². The van der Waals surface area contributed by atoms with Crippen LogP contribution in [0, 0.1) is 42.9 Å². The first-order chi connectivity index (χ1) is 12.5. The molecule has 1 saturated carbocycles. The van der Waals surface area contributed by atoms with Crippen LogP contribution in [-0.2, 0) is 18.9 Å². The number of rotatable bonds is 6. The fraction of sp³-hybridized carbons (Fsp3) is 0.524. The van der Waals surface area contributed by atoms with Crippen molar-refractivity contribution in [3.05, 3.63) is 24.3 Å². The van der Waals surface area contributed by atoms with Gasteiger partial charge in [-0.3, -0.25) is 0 Å². The smallest absolute Gasteiger partial charge is 0.147 e. The van der Waals surface area contributed by atoms with Gasteiger partial charge in [0.05, 0.1) is 32.5 Å². The quantitative estimate of drug-likeness (QED) is 0.718. The lowest BCUT2D eigenvalue weighted by Gasteiger charge is -2.32. The van der Waals surface area contributed by atoms with Gasteiger partial charge >= 0.3 is 0 Å². The van der Waals surface area contributed by atoms with Crippen LogP contribution in [0.25, 0.3) is 0 Å². The fourth-order valence-corrected chi connectivity index (χ4v) is 2.76. The van der Waals surface area contributed by atoms with Crippen LogP contribution < -0.4 is 5.73 Å². The van der Waals surface area contributed by atoms with E-state index in [-0.39, 0.29) is 37.9 Å². The summed E-state index contributed by atoms with van der Waals surface area (Å²) in [5.41, 5.74) is 7.14. The van der Waals surface area contributed by atoms with E-state index < -0.39 is 18.3 Å². The number of fused-ring (bicyclic) bond motifs is 1. The van der Waals surface area contributed by atoms with Gasteiger partial charge in [0.2, 0.25) is 0 Å². The monoisotopic (exact) mass is 355 g/mol. The first-order valence-corrected chi connectivity index (χ1v) is 8.47. The van der Waals surface area contributed by atoms with Crippen LogP contribution in [0.1, 0.15) is 6.42 Å². The van der Waals surface area contributed by atoms with E-state index in [2.05, 4.69) is 30.9 Å². The molecule has 2 unspecified atom stereocenters. The highest BCUT2D eigenvalue weighted by atomic mass is 16.6. The van der Waals surface area contributed by atoms with Gasteiger partial charge in [0.1, 0.15) is 18.3 Å². The molecule has 2 fully saturated rings. The Morgan fingerprint density at radius 2 is 1.73 bits per heavy atom. The van der Waals surface area contributed by atoms with Crippen LogP contribution >= 0.6 is 0 Å². The summed E-state index contributed by atoms with van der Waals surface area (Å²) >= 11 is 0. The summed E-state index contributed by atoms with van der Waals surface area (Å²) in [4.78, 5) is 0. The summed E-state index contributed by atoms with van der Waals surface area (Å²) in [6.45, 7) is 8.44. The van der Waals surface area contributed by atoms with Crippen molar-refractivity contribution in [1.29, 1.82) is 0 Å². The van der Waals surface area contributed by atoms with Crippen molar-refractivity contribution >= 4 is 0 Å². The number of hydrogen-bond donors (Lipinski definition) is 1. The molecular formula is C21H25NO4. The number of hydrogen-bond acceptors (Lipinski definition) is 5. The van der Waals surface area contributed by atoms with Crippen molar-refractivity contribution in [3.8, 4) is 37.0 Å². The molecule has 0 amide bonds. The maximum absolute atomic E-state index is 6.13. The van der Waals surface area contributed by atoms with E-state index in [0.29, 0.717) is 17.8 Å². The Morgan fingerprint density at radius 1 is 1.08 bits per heavy atom. The van der Waals surface area contributed by atoms with E-state index in [9.17, 15) is 0 Å². The predicted octanol–water partition coefficient (Wildman–Crippen LogP) is 0.900. The van der Waals surface area contributed by atoms with Crippen LogP contribution in [0.5, 0.6) is 0 Å². The van der Waals surface area contributed by atoms with Crippen molar-refractivity contribution in [2.75, 3.05) is 26.4 Å². The highest BCUT2D eigenvalue weighted by Gasteiger charge is 2.46. The van der Waals surface area contributed by atoms with Crippen LogP contribution in [0.4, 0.5) is 0 Å². The lowest BCUT2D eigenvalue weighted by molar-refractivity contribution is -0.144. The van der Waals surface area contributed by atoms with Crippen molar-refractivity contribution in [2.24, 2.45) is 11.7 Å². The third-order valence-corrected chi connectivity index (χ3v) is 4.40. The van der Waals surface area contributed by atoms with Crippen molar-refractivity contribution < 1.29 is 18.9 Å². The molecule has 2 rings (SSSR count). The SMILES string of the molecule is C#CC(=C)CO[C@H]1[C@H](C#C)OC2CC2[C@H](N)COC[C@@H]1OCC(=C)C#C. The van der Waals surface area contributed by atoms with E-state index in [4.69, 9.17) is 44.0 Å². The minimum atomic E-state index is -0.631. The lowest BCUT2D eigenvalue weighted by atomic mass is 10.1. The summed E-state index contributed by atoms with van der Waals surface area (Å²) in [6.07, 6.45) is 15.5. The first-order valence-electron chi connectivity index (χ1n) is 8.47. The van der Waals surface area contributed by atoms with Gasteiger partial charge in [0, 0.05) is 23.1 Å². The molecule has 2 aliphatic rings. The zero-order chi connectivity index (χ0) is 19.1. The maximum Gasteiger partial charge on any atom is 0.147 e. The number of terminal acetylenes is 3. The van der Waals surface area contributed by atoms with Gasteiger partial charge in [0.25, 0.3) is 0 Å². The predicted molar refractivity (Wildman–Crippen MR) is 99.8 cm³/mol. The lowest BCUT2D eigenvalue weighted by Crippen LogP contribution is -2.47. The summed E-state index contributed by atoms with van der Waals surface area (Å²) in [5.74, 6) is 7.77. The Kier molecular flexibility index (Phi) is 7.49. The van der Waals surface area contributed by atoms with E-state index >= 15 is 0 Å². The molecule has 0 radical (unpaired) electrons. The van der Waals surface area contributed by atoms with Crippen LogP contribution in [0.2, 0.25) is 0 Å². The zero-order valence-electron chi connectivity index (χ0n) is 14.9. The third kappa shape index (κ3) is 5.48. The van der Waals surface area contributed by atoms with Crippen LogP contribution in [0.15, 0.2) is 24.3 Å². The Balaban J connectivity index is 2.16. The molecule has 1 aliphatic carbocycles. The van der Waals surface area contributed by atoms with E-state index in [0.717, 1.165) is 6.42 Å². The summed E-state index contributed by atoms with van der Waals surface area (Å²) in [5, 5.41) is 0. The van der Waals surface area contributed by atoms with E-state index in [1.807, 2.05) is 0 Å². The molecule has 0 aromatic rings. The molecule has 6 atom stereocenters. The standard InChI is InChI=1S/C21H25NO4/c1-6-14(4)10-24-20-13-23-12-17(22)16-9-19(16)26-18(8-3)21(20)25-11-15(5)7-2/h1-3,16-21H,4-5,9-13,22H2/t16?,17-,18+,19?,20+,21+/m1/s1. The molecule has 1 aliphatic heterocycles. The number of nitrogens with two attached hydrogens (primary N) is 1. The summed E-state index contributed by atoms with van der Waals surface area (Å²) < 4.78 is 23.6. The molecule has 1 saturated heterocycles. The molecule has 5 heteroatoms. The van der Waals surface area contributed by atoms with Gasteiger partial charge in [-0.2, -0.15) is 0 Å². The van der Waals surface area contributed by atoms with Gasteiger partial charge in [-0.25, -0.2) is 0 Å². The minimum Gasteiger partial charge on any atom is -0.377 e.